The molecule has 8 heteroatoms. The third-order valence-corrected chi connectivity index (χ3v) is 6.03. The SMILES string of the molecule is COC(=O)c1ccccc1NC(C)c1cc(C)cc2c(=O)n(C)c(N3CCO[C@@H](C)C3)nc12. The number of hydrogen-bond donors (Lipinski definition) is 1. The van der Waals surface area contributed by atoms with Crippen LogP contribution in [-0.2, 0) is 16.5 Å². The Morgan fingerprint density at radius 1 is 1.30 bits per heavy atom. The zero-order valence-electron chi connectivity index (χ0n) is 19.7. The Morgan fingerprint density at radius 3 is 2.79 bits per heavy atom. The molecule has 3 aromatic rings. The third-order valence-electron chi connectivity index (χ3n) is 6.03. The van der Waals surface area contributed by atoms with Crippen LogP contribution in [0.3, 0.4) is 0 Å². The molecule has 1 unspecified atom stereocenters. The predicted molar refractivity (Wildman–Crippen MR) is 129 cm³/mol. The number of ether oxygens (including phenoxy) is 2. The summed E-state index contributed by atoms with van der Waals surface area (Å²) in [7, 11) is 3.13. The summed E-state index contributed by atoms with van der Waals surface area (Å²) in [5.74, 6) is 0.227. The number of morpholine rings is 1. The highest BCUT2D eigenvalue weighted by atomic mass is 16.5. The van der Waals surface area contributed by atoms with Crippen molar-refractivity contribution in [1.29, 1.82) is 0 Å². The van der Waals surface area contributed by atoms with E-state index in [9.17, 15) is 9.59 Å². The number of carbonyl (C=O) groups is 1. The summed E-state index contributed by atoms with van der Waals surface area (Å²) in [5, 5.41) is 3.99. The van der Waals surface area contributed by atoms with Crippen LogP contribution in [0.15, 0.2) is 41.2 Å². The molecule has 0 saturated carbocycles. The molecule has 1 aliphatic rings. The van der Waals surface area contributed by atoms with Gasteiger partial charge in [0.2, 0.25) is 5.95 Å². The first-order valence-electron chi connectivity index (χ1n) is 11.1. The molecule has 8 nitrogen and oxygen atoms in total. The Kier molecular flexibility index (Phi) is 6.37. The fourth-order valence-electron chi connectivity index (χ4n) is 4.36. The van der Waals surface area contributed by atoms with E-state index in [4.69, 9.17) is 14.5 Å². The minimum absolute atomic E-state index is 0.0688. The van der Waals surface area contributed by atoms with Crippen LogP contribution in [0.4, 0.5) is 11.6 Å². The molecule has 2 heterocycles. The Labute approximate surface area is 193 Å². The zero-order chi connectivity index (χ0) is 23.7. The number of methoxy groups -OCH3 is 1. The lowest BCUT2D eigenvalue weighted by atomic mass is 10.0. The molecule has 0 spiro atoms. The molecule has 1 fully saturated rings. The zero-order valence-corrected chi connectivity index (χ0v) is 19.7. The van der Waals surface area contributed by atoms with Crippen LogP contribution in [0.1, 0.15) is 41.4 Å². The molecule has 1 N–H and O–H groups in total. The first-order valence-corrected chi connectivity index (χ1v) is 11.1. The van der Waals surface area contributed by atoms with Gasteiger partial charge in [-0.1, -0.05) is 18.2 Å². The minimum Gasteiger partial charge on any atom is -0.465 e. The van der Waals surface area contributed by atoms with Crippen molar-refractivity contribution in [3.63, 3.8) is 0 Å². The quantitative estimate of drug-likeness (QED) is 0.596. The number of hydrogen-bond acceptors (Lipinski definition) is 7. The maximum absolute atomic E-state index is 13.3. The molecular weight excluding hydrogens is 420 g/mol. The summed E-state index contributed by atoms with van der Waals surface area (Å²) in [6.07, 6.45) is 0.0688. The van der Waals surface area contributed by atoms with Crippen molar-refractivity contribution in [1.82, 2.24) is 9.55 Å². The average Bonchev–Trinajstić information content (AvgIpc) is 2.81. The highest BCUT2D eigenvalue weighted by Gasteiger charge is 2.23. The Bertz CT molecular complexity index is 1250. The number of fused-ring (bicyclic) bond motifs is 1. The molecule has 33 heavy (non-hydrogen) atoms. The summed E-state index contributed by atoms with van der Waals surface area (Å²) >= 11 is 0. The van der Waals surface area contributed by atoms with Crippen molar-refractivity contribution in [2.75, 3.05) is 37.0 Å². The molecule has 0 amide bonds. The van der Waals surface area contributed by atoms with E-state index in [1.54, 1.807) is 23.7 Å². The van der Waals surface area contributed by atoms with Gasteiger partial charge in [0, 0.05) is 31.4 Å². The number of nitrogens with zero attached hydrogens (tertiary/aromatic N) is 3. The van der Waals surface area contributed by atoms with Gasteiger partial charge >= 0.3 is 5.97 Å². The average molecular weight is 451 g/mol. The molecular formula is C25H30N4O4. The summed E-state index contributed by atoms with van der Waals surface area (Å²) in [6, 6.07) is 10.9. The summed E-state index contributed by atoms with van der Waals surface area (Å²) in [5.41, 5.74) is 3.56. The number of aryl methyl sites for hydroxylation is 1. The lowest BCUT2D eigenvalue weighted by molar-refractivity contribution is 0.0524. The van der Waals surface area contributed by atoms with Gasteiger partial charge in [0.15, 0.2) is 0 Å². The van der Waals surface area contributed by atoms with Crippen molar-refractivity contribution in [2.45, 2.75) is 32.9 Å². The molecule has 1 aliphatic heterocycles. The minimum atomic E-state index is -0.407. The fourth-order valence-corrected chi connectivity index (χ4v) is 4.36. The summed E-state index contributed by atoms with van der Waals surface area (Å²) in [6.45, 7) is 7.93. The van der Waals surface area contributed by atoms with E-state index in [-0.39, 0.29) is 17.7 Å². The van der Waals surface area contributed by atoms with Gasteiger partial charge < -0.3 is 19.7 Å². The van der Waals surface area contributed by atoms with Gasteiger partial charge in [-0.2, -0.15) is 0 Å². The van der Waals surface area contributed by atoms with Gasteiger partial charge in [-0.15, -0.1) is 0 Å². The second-order valence-electron chi connectivity index (χ2n) is 8.56. The van der Waals surface area contributed by atoms with Gasteiger partial charge in [-0.3, -0.25) is 9.36 Å². The molecule has 1 saturated heterocycles. The highest BCUT2D eigenvalue weighted by Crippen LogP contribution is 2.29. The lowest BCUT2D eigenvalue weighted by Gasteiger charge is -2.33. The van der Waals surface area contributed by atoms with E-state index in [0.29, 0.717) is 47.8 Å². The Hall–Kier alpha value is -3.39. The first-order chi connectivity index (χ1) is 15.8. The van der Waals surface area contributed by atoms with Crippen LogP contribution in [-0.4, -0.2) is 48.4 Å². The van der Waals surface area contributed by atoms with E-state index in [1.165, 1.54) is 7.11 Å². The highest BCUT2D eigenvalue weighted by molar-refractivity contribution is 5.95. The number of aromatic nitrogens is 2. The first kappa shape index (κ1) is 22.8. The number of para-hydroxylation sites is 1. The maximum atomic E-state index is 13.3. The molecule has 174 valence electrons. The van der Waals surface area contributed by atoms with Crippen LogP contribution >= 0.6 is 0 Å². The molecule has 0 aliphatic carbocycles. The predicted octanol–water partition coefficient (Wildman–Crippen LogP) is 3.43. The number of esters is 1. The largest absolute Gasteiger partial charge is 0.465 e. The lowest BCUT2D eigenvalue weighted by Crippen LogP contribution is -2.44. The van der Waals surface area contributed by atoms with Crippen LogP contribution < -0.4 is 15.8 Å². The normalized spacial score (nSPS) is 17.1. The van der Waals surface area contributed by atoms with Crippen molar-refractivity contribution in [2.24, 2.45) is 7.05 Å². The standard InChI is InChI=1S/C25H30N4O4/c1-15-12-19(17(3)26-21-9-7-6-8-18(21)24(31)32-5)22-20(13-15)23(30)28(4)25(27-22)29-10-11-33-16(2)14-29/h6-9,12-13,16-17,26H,10-11,14H2,1-5H3/t16-,17?/m0/s1. The fraction of sp³-hybridized carbons (Fsp3) is 0.400. The molecule has 4 rings (SSSR count). The van der Waals surface area contributed by atoms with Crippen LogP contribution in [0.2, 0.25) is 0 Å². The third kappa shape index (κ3) is 4.43. The van der Waals surface area contributed by atoms with E-state index in [0.717, 1.165) is 11.1 Å². The monoisotopic (exact) mass is 450 g/mol. The van der Waals surface area contributed by atoms with Crippen molar-refractivity contribution >= 4 is 28.5 Å². The van der Waals surface area contributed by atoms with Gasteiger partial charge in [0.05, 0.1) is 42.3 Å². The van der Waals surface area contributed by atoms with Crippen LogP contribution in [0.25, 0.3) is 10.9 Å². The van der Waals surface area contributed by atoms with Crippen molar-refractivity contribution < 1.29 is 14.3 Å². The Balaban J connectivity index is 1.81. The summed E-state index contributed by atoms with van der Waals surface area (Å²) in [4.78, 5) is 32.6. The molecule has 0 radical (unpaired) electrons. The number of rotatable bonds is 5. The number of benzene rings is 2. The molecule has 2 atom stereocenters. The van der Waals surface area contributed by atoms with E-state index >= 15 is 0 Å². The van der Waals surface area contributed by atoms with Crippen LogP contribution in [0.5, 0.6) is 0 Å². The Morgan fingerprint density at radius 2 is 2.06 bits per heavy atom. The molecule has 2 aromatic carbocycles. The van der Waals surface area contributed by atoms with Crippen molar-refractivity contribution in [3.8, 4) is 0 Å². The second-order valence-corrected chi connectivity index (χ2v) is 8.56. The summed E-state index contributed by atoms with van der Waals surface area (Å²) < 4.78 is 12.2. The number of nitrogens with one attached hydrogen (secondary N) is 1. The smallest absolute Gasteiger partial charge is 0.339 e. The van der Waals surface area contributed by atoms with Crippen LogP contribution in [0, 0.1) is 6.92 Å². The van der Waals surface area contributed by atoms with Gasteiger partial charge in [0.1, 0.15) is 0 Å². The van der Waals surface area contributed by atoms with Gasteiger partial charge in [-0.25, -0.2) is 9.78 Å². The second kappa shape index (κ2) is 9.23. The van der Waals surface area contributed by atoms with Gasteiger partial charge in [-0.05, 0) is 44.5 Å². The van der Waals surface area contributed by atoms with E-state index < -0.39 is 5.97 Å². The van der Waals surface area contributed by atoms with Gasteiger partial charge in [0.25, 0.3) is 5.56 Å². The van der Waals surface area contributed by atoms with E-state index in [2.05, 4.69) is 10.2 Å². The molecule has 0 bridgehead atoms. The number of carbonyl (C=O) groups excluding carboxylic acids is 1. The topological polar surface area (TPSA) is 85.7 Å². The van der Waals surface area contributed by atoms with Crippen molar-refractivity contribution in [3.05, 3.63) is 63.4 Å². The number of anilines is 2. The molecule has 1 aromatic heterocycles. The van der Waals surface area contributed by atoms with E-state index in [1.807, 2.05) is 45.0 Å². The maximum Gasteiger partial charge on any atom is 0.339 e.